The Balaban J connectivity index is 3.04. The van der Waals surface area contributed by atoms with E-state index in [-0.39, 0.29) is 0 Å². The van der Waals surface area contributed by atoms with Gasteiger partial charge in [0.15, 0.2) is 0 Å². The maximum absolute atomic E-state index is 2.31. The molecule has 0 fully saturated rings. The number of hydrogen-bond donors (Lipinski definition) is 0. The second kappa shape index (κ2) is 49.7. The maximum Gasteiger partial charge on any atom is 0.00369 e. The van der Waals surface area contributed by atoms with Crippen LogP contribution in [0.1, 0.15) is 296 Å². The third kappa shape index (κ3) is 48.7. The second-order valence-electron chi connectivity index (χ2n) is 16.5. The van der Waals surface area contributed by atoms with Crippen LogP contribution in [0.3, 0.4) is 0 Å². The van der Waals surface area contributed by atoms with Crippen LogP contribution in [0.2, 0.25) is 0 Å². The van der Waals surface area contributed by atoms with Gasteiger partial charge in [0.1, 0.15) is 0 Å². The van der Waals surface area contributed by atoms with E-state index in [1.165, 1.54) is 294 Å². The van der Waals surface area contributed by atoms with Crippen molar-refractivity contribution >= 4 is 21.6 Å². The van der Waals surface area contributed by atoms with E-state index in [4.69, 9.17) is 0 Å². The molecule has 0 nitrogen and oxygen atoms in total. The molecule has 50 heavy (non-hydrogen) atoms. The third-order valence-electron chi connectivity index (χ3n) is 11.2. The molecule has 0 aliphatic heterocycles. The van der Waals surface area contributed by atoms with Crippen LogP contribution in [0.15, 0.2) is 0 Å². The molecule has 0 bridgehead atoms. The molecular weight excluding hydrogens is 641 g/mol. The fourth-order valence-corrected chi connectivity index (χ4v) is 9.95. The predicted octanol–water partition coefficient (Wildman–Crippen LogP) is 19.6. The van der Waals surface area contributed by atoms with Crippen LogP contribution in [0, 0.1) is 0 Å². The van der Waals surface area contributed by atoms with Gasteiger partial charge in [-0.1, -0.05) is 305 Å². The number of hydrogen-bond acceptors (Lipinski definition) is 2. The molecule has 0 rings (SSSR count). The first-order valence-corrected chi connectivity index (χ1v) is 26.6. The van der Waals surface area contributed by atoms with Gasteiger partial charge in [-0.05, 0) is 12.8 Å². The molecule has 302 valence electrons. The normalized spacial score (nSPS) is 11.6. The van der Waals surface area contributed by atoms with Crippen molar-refractivity contribution in [3.05, 3.63) is 0 Å². The summed E-state index contributed by atoms with van der Waals surface area (Å²) in [6.07, 6.45) is 65.0. The molecule has 0 radical (unpaired) electrons. The topological polar surface area (TPSA) is 0 Å². The standard InChI is InChI=1S/C48H98S2/c1-3-5-7-9-11-13-15-17-19-21-23-25-27-29-31-33-35-37-39-41-43-45-47-49-50-48-46-44-42-40-38-36-34-32-30-28-26-24-22-20-18-16-14-12-10-8-6-4-2/h3-48H2,1-2H3. The number of unbranched alkanes of at least 4 members (excludes halogenated alkanes) is 42. The first kappa shape index (κ1) is 50.7. The second-order valence-corrected chi connectivity index (χ2v) is 19.2. The van der Waals surface area contributed by atoms with Crippen LogP contribution in [-0.2, 0) is 0 Å². The Morgan fingerprint density at radius 3 is 0.420 bits per heavy atom. The van der Waals surface area contributed by atoms with E-state index < -0.39 is 0 Å². The first-order valence-electron chi connectivity index (χ1n) is 24.2. The van der Waals surface area contributed by atoms with Crippen LogP contribution < -0.4 is 0 Å². The summed E-state index contributed by atoms with van der Waals surface area (Å²) in [5.74, 6) is 2.76. The lowest BCUT2D eigenvalue weighted by Crippen LogP contribution is -1.85. The third-order valence-corrected chi connectivity index (χ3v) is 13.8. The van der Waals surface area contributed by atoms with Gasteiger partial charge in [-0.15, -0.1) is 0 Å². The quantitative estimate of drug-likeness (QED) is 0.0450. The predicted molar refractivity (Wildman–Crippen MR) is 239 cm³/mol. The molecule has 0 saturated carbocycles. The lowest BCUT2D eigenvalue weighted by Gasteiger charge is -2.05. The van der Waals surface area contributed by atoms with Gasteiger partial charge in [0.25, 0.3) is 0 Å². The van der Waals surface area contributed by atoms with E-state index in [1.807, 2.05) is 0 Å². The van der Waals surface area contributed by atoms with Crippen molar-refractivity contribution in [2.24, 2.45) is 0 Å². The van der Waals surface area contributed by atoms with E-state index in [1.54, 1.807) is 0 Å². The van der Waals surface area contributed by atoms with Gasteiger partial charge in [-0.2, -0.15) is 0 Å². The molecular formula is C48H98S2. The van der Waals surface area contributed by atoms with Crippen molar-refractivity contribution < 1.29 is 0 Å². The Bertz CT molecular complexity index is 500. The lowest BCUT2D eigenvalue weighted by atomic mass is 10.0. The minimum atomic E-state index is 1.37. The van der Waals surface area contributed by atoms with Crippen molar-refractivity contribution in [3.63, 3.8) is 0 Å². The summed E-state index contributed by atoms with van der Waals surface area (Å²) in [4.78, 5) is 0. The van der Waals surface area contributed by atoms with E-state index in [0.717, 1.165) is 0 Å². The van der Waals surface area contributed by atoms with E-state index in [9.17, 15) is 0 Å². The van der Waals surface area contributed by atoms with Gasteiger partial charge < -0.3 is 0 Å². The smallest absolute Gasteiger partial charge is 0.00369 e. The van der Waals surface area contributed by atoms with Gasteiger partial charge in [-0.25, -0.2) is 0 Å². The van der Waals surface area contributed by atoms with E-state index in [0.29, 0.717) is 0 Å². The van der Waals surface area contributed by atoms with Crippen LogP contribution in [-0.4, -0.2) is 11.5 Å². The lowest BCUT2D eigenvalue weighted by molar-refractivity contribution is 0.520. The summed E-state index contributed by atoms with van der Waals surface area (Å²) >= 11 is 0. The fraction of sp³-hybridized carbons (Fsp3) is 1.00. The minimum absolute atomic E-state index is 1.37. The zero-order valence-corrected chi connectivity index (χ0v) is 37.0. The van der Waals surface area contributed by atoms with Gasteiger partial charge in [0.05, 0.1) is 0 Å². The molecule has 0 spiro atoms. The molecule has 2 heteroatoms. The Labute approximate surface area is 328 Å². The summed E-state index contributed by atoms with van der Waals surface area (Å²) in [6.45, 7) is 4.62. The van der Waals surface area contributed by atoms with Crippen LogP contribution in [0.5, 0.6) is 0 Å². The molecule has 0 aliphatic rings. The van der Waals surface area contributed by atoms with Crippen LogP contribution in [0.25, 0.3) is 0 Å². The molecule has 0 aliphatic carbocycles. The largest absolute Gasteiger partial charge is 0.0942 e. The summed E-state index contributed by atoms with van der Waals surface area (Å²) in [7, 11) is 4.31. The first-order chi connectivity index (χ1) is 24.9. The van der Waals surface area contributed by atoms with Crippen LogP contribution in [0.4, 0.5) is 0 Å². The molecule has 0 unspecified atom stereocenters. The van der Waals surface area contributed by atoms with E-state index >= 15 is 0 Å². The summed E-state index contributed by atoms with van der Waals surface area (Å²) in [6, 6.07) is 0. The van der Waals surface area contributed by atoms with Crippen molar-refractivity contribution in [2.75, 3.05) is 11.5 Å². The Morgan fingerprint density at radius 2 is 0.280 bits per heavy atom. The van der Waals surface area contributed by atoms with Crippen LogP contribution >= 0.6 is 21.6 Å². The van der Waals surface area contributed by atoms with Gasteiger partial charge >= 0.3 is 0 Å². The molecule has 0 N–H and O–H groups in total. The summed E-state index contributed by atoms with van der Waals surface area (Å²) in [5, 5.41) is 0. The Hall–Kier alpha value is 0.700. The highest BCUT2D eigenvalue weighted by Crippen LogP contribution is 2.25. The van der Waals surface area contributed by atoms with Crippen molar-refractivity contribution in [1.29, 1.82) is 0 Å². The van der Waals surface area contributed by atoms with Gasteiger partial charge in [0.2, 0.25) is 0 Å². The summed E-state index contributed by atoms with van der Waals surface area (Å²) < 4.78 is 0. The zero-order chi connectivity index (χ0) is 35.9. The van der Waals surface area contributed by atoms with Crippen molar-refractivity contribution in [1.82, 2.24) is 0 Å². The van der Waals surface area contributed by atoms with E-state index in [2.05, 4.69) is 35.4 Å². The molecule has 0 amide bonds. The highest BCUT2D eigenvalue weighted by atomic mass is 33.1. The average molecular weight is 739 g/mol. The maximum atomic E-state index is 2.31. The highest BCUT2D eigenvalue weighted by Gasteiger charge is 1.99. The molecule has 0 aromatic rings. The molecule has 0 aromatic carbocycles. The highest BCUT2D eigenvalue weighted by molar-refractivity contribution is 8.76. The Kier molecular flexibility index (Phi) is 50.4. The van der Waals surface area contributed by atoms with Gasteiger partial charge in [0, 0.05) is 11.5 Å². The SMILES string of the molecule is CCCCCCCCCCCCCCCCCCCCCCCCSSCCCCCCCCCCCCCCCCCCCCCCCC. The Morgan fingerprint density at radius 1 is 0.160 bits per heavy atom. The molecule has 0 atom stereocenters. The van der Waals surface area contributed by atoms with Crippen molar-refractivity contribution in [3.8, 4) is 0 Å². The summed E-state index contributed by atoms with van der Waals surface area (Å²) in [5.41, 5.74) is 0. The molecule has 0 saturated heterocycles. The van der Waals surface area contributed by atoms with Crippen molar-refractivity contribution in [2.45, 2.75) is 296 Å². The molecule has 0 heterocycles. The number of rotatable bonds is 47. The van der Waals surface area contributed by atoms with Gasteiger partial charge in [-0.3, -0.25) is 0 Å². The zero-order valence-electron chi connectivity index (χ0n) is 35.3. The minimum Gasteiger partial charge on any atom is -0.0942 e. The molecule has 0 aromatic heterocycles. The fourth-order valence-electron chi connectivity index (χ4n) is 7.66. The average Bonchev–Trinajstić information content (AvgIpc) is 3.13. The monoisotopic (exact) mass is 739 g/mol.